The second kappa shape index (κ2) is 4.45. The molecule has 0 amide bonds. The molecule has 0 radical (unpaired) electrons. The summed E-state index contributed by atoms with van der Waals surface area (Å²) in [7, 11) is 1.87. The molecule has 0 aliphatic rings. The highest BCUT2D eigenvalue weighted by Crippen LogP contribution is 2.22. The van der Waals surface area contributed by atoms with Crippen LogP contribution in [0, 0.1) is 0 Å². The highest BCUT2D eigenvalue weighted by molar-refractivity contribution is 5.60. The number of aliphatic hydroxyl groups excluding tert-OH is 1. The molecule has 0 spiro atoms. The number of aliphatic hydroxyl groups is 1. The second-order valence-corrected chi connectivity index (χ2v) is 3.67. The molecule has 0 aliphatic carbocycles. The Bertz CT molecular complexity index is 491. The van der Waals surface area contributed by atoms with Crippen LogP contribution in [0.2, 0.25) is 0 Å². The van der Waals surface area contributed by atoms with Crippen molar-refractivity contribution in [2.45, 2.75) is 20.0 Å². The molecule has 0 saturated carbocycles. The van der Waals surface area contributed by atoms with Crippen molar-refractivity contribution in [3.05, 3.63) is 35.7 Å². The fourth-order valence-corrected chi connectivity index (χ4v) is 1.78. The summed E-state index contributed by atoms with van der Waals surface area (Å²) in [5.41, 5.74) is 2.32. The van der Waals surface area contributed by atoms with E-state index in [1.165, 1.54) is 5.56 Å². The molecule has 0 bridgehead atoms. The average molecular weight is 217 g/mol. The van der Waals surface area contributed by atoms with Crippen molar-refractivity contribution in [1.82, 2.24) is 14.8 Å². The molecule has 1 aromatic heterocycles. The topological polar surface area (TPSA) is 50.9 Å². The molecule has 1 heterocycles. The van der Waals surface area contributed by atoms with Crippen LogP contribution in [0.5, 0.6) is 0 Å². The SMILES string of the molecule is CCc1ccccc1-c1nnc(CO)n1C. The van der Waals surface area contributed by atoms with Crippen molar-refractivity contribution < 1.29 is 5.11 Å². The summed E-state index contributed by atoms with van der Waals surface area (Å²) in [5, 5.41) is 17.1. The van der Waals surface area contributed by atoms with Gasteiger partial charge in [-0.2, -0.15) is 0 Å². The van der Waals surface area contributed by atoms with E-state index in [9.17, 15) is 0 Å². The van der Waals surface area contributed by atoms with Crippen molar-refractivity contribution in [2.75, 3.05) is 0 Å². The highest BCUT2D eigenvalue weighted by Gasteiger charge is 2.11. The van der Waals surface area contributed by atoms with Gasteiger partial charge in [0.15, 0.2) is 11.6 Å². The molecule has 84 valence electrons. The Morgan fingerprint density at radius 3 is 2.62 bits per heavy atom. The first-order valence-corrected chi connectivity index (χ1v) is 5.35. The second-order valence-electron chi connectivity index (χ2n) is 3.67. The summed E-state index contributed by atoms with van der Waals surface area (Å²) >= 11 is 0. The van der Waals surface area contributed by atoms with Crippen LogP contribution in [-0.2, 0) is 20.1 Å². The molecule has 0 unspecified atom stereocenters. The van der Waals surface area contributed by atoms with Crippen LogP contribution in [0.1, 0.15) is 18.3 Å². The van der Waals surface area contributed by atoms with E-state index in [4.69, 9.17) is 5.11 Å². The van der Waals surface area contributed by atoms with E-state index in [1.54, 1.807) is 0 Å². The molecule has 4 nitrogen and oxygen atoms in total. The van der Waals surface area contributed by atoms with Crippen molar-refractivity contribution in [2.24, 2.45) is 7.05 Å². The third kappa shape index (κ3) is 1.72. The van der Waals surface area contributed by atoms with Crippen LogP contribution >= 0.6 is 0 Å². The van der Waals surface area contributed by atoms with E-state index in [0.29, 0.717) is 5.82 Å². The monoisotopic (exact) mass is 217 g/mol. The molecule has 0 saturated heterocycles. The lowest BCUT2D eigenvalue weighted by atomic mass is 10.0. The van der Waals surface area contributed by atoms with Crippen molar-refractivity contribution >= 4 is 0 Å². The molecule has 0 aliphatic heterocycles. The van der Waals surface area contributed by atoms with Gasteiger partial charge in [-0.25, -0.2) is 0 Å². The average Bonchev–Trinajstić information content (AvgIpc) is 2.70. The Labute approximate surface area is 94.6 Å². The zero-order valence-electron chi connectivity index (χ0n) is 9.51. The summed E-state index contributed by atoms with van der Waals surface area (Å²) in [5.74, 6) is 1.39. The van der Waals surface area contributed by atoms with Crippen LogP contribution in [0.3, 0.4) is 0 Å². The van der Waals surface area contributed by atoms with Gasteiger partial charge in [-0.3, -0.25) is 0 Å². The Hall–Kier alpha value is -1.68. The fourth-order valence-electron chi connectivity index (χ4n) is 1.78. The number of nitrogens with zero attached hydrogens (tertiary/aromatic N) is 3. The summed E-state index contributed by atoms with van der Waals surface area (Å²) in [4.78, 5) is 0. The van der Waals surface area contributed by atoms with Gasteiger partial charge in [-0.05, 0) is 12.0 Å². The molecule has 16 heavy (non-hydrogen) atoms. The summed E-state index contributed by atoms with van der Waals surface area (Å²) in [6, 6.07) is 8.13. The first-order valence-electron chi connectivity index (χ1n) is 5.35. The maximum atomic E-state index is 9.08. The standard InChI is InChI=1S/C12H15N3O/c1-3-9-6-4-5-7-10(9)12-14-13-11(8-16)15(12)2/h4-7,16H,3,8H2,1-2H3. The zero-order valence-corrected chi connectivity index (χ0v) is 9.51. The molecule has 1 N–H and O–H groups in total. The normalized spacial score (nSPS) is 10.7. The largest absolute Gasteiger partial charge is 0.388 e. The van der Waals surface area contributed by atoms with E-state index in [2.05, 4.69) is 23.2 Å². The Morgan fingerprint density at radius 2 is 2.00 bits per heavy atom. The Kier molecular flexibility index (Phi) is 3.01. The third-order valence-electron chi connectivity index (χ3n) is 2.75. The minimum Gasteiger partial charge on any atom is -0.388 e. The molecule has 2 aromatic rings. The quantitative estimate of drug-likeness (QED) is 0.848. The van der Waals surface area contributed by atoms with E-state index < -0.39 is 0 Å². The van der Waals surface area contributed by atoms with Crippen LogP contribution in [0.4, 0.5) is 0 Å². The fraction of sp³-hybridized carbons (Fsp3) is 0.333. The number of hydrogen-bond donors (Lipinski definition) is 1. The Morgan fingerprint density at radius 1 is 1.25 bits per heavy atom. The van der Waals surface area contributed by atoms with Gasteiger partial charge in [-0.15, -0.1) is 10.2 Å². The first-order chi connectivity index (χ1) is 7.77. The van der Waals surface area contributed by atoms with Crippen LogP contribution in [-0.4, -0.2) is 19.9 Å². The molecule has 1 aromatic carbocycles. The summed E-state index contributed by atoms with van der Waals surface area (Å²) in [6.45, 7) is 2.03. The number of rotatable bonds is 3. The predicted octanol–water partition coefficient (Wildman–Crippen LogP) is 1.54. The maximum absolute atomic E-state index is 9.08. The van der Waals surface area contributed by atoms with Gasteiger partial charge in [0.1, 0.15) is 6.61 Å². The molecule has 2 rings (SSSR count). The molecule has 0 atom stereocenters. The minimum absolute atomic E-state index is 0.0855. The summed E-state index contributed by atoms with van der Waals surface area (Å²) in [6.07, 6.45) is 0.956. The zero-order chi connectivity index (χ0) is 11.5. The first kappa shape index (κ1) is 10.8. The summed E-state index contributed by atoms with van der Waals surface area (Å²) < 4.78 is 1.83. The van der Waals surface area contributed by atoms with Crippen molar-refractivity contribution in [1.29, 1.82) is 0 Å². The molecule has 4 heteroatoms. The third-order valence-corrected chi connectivity index (χ3v) is 2.75. The van der Waals surface area contributed by atoms with E-state index in [-0.39, 0.29) is 6.61 Å². The Balaban J connectivity index is 2.54. The van der Waals surface area contributed by atoms with E-state index in [0.717, 1.165) is 17.8 Å². The van der Waals surface area contributed by atoms with E-state index in [1.807, 2.05) is 29.8 Å². The van der Waals surface area contributed by atoms with Crippen LogP contribution in [0.25, 0.3) is 11.4 Å². The number of aromatic nitrogens is 3. The van der Waals surface area contributed by atoms with Gasteiger partial charge in [0.05, 0.1) is 0 Å². The number of aryl methyl sites for hydroxylation is 1. The van der Waals surface area contributed by atoms with Gasteiger partial charge in [0.25, 0.3) is 0 Å². The van der Waals surface area contributed by atoms with Crippen LogP contribution < -0.4 is 0 Å². The lowest BCUT2D eigenvalue weighted by molar-refractivity contribution is 0.267. The van der Waals surface area contributed by atoms with E-state index >= 15 is 0 Å². The van der Waals surface area contributed by atoms with Gasteiger partial charge in [0.2, 0.25) is 0 Å². The number of hydrogen-bond acceptors (Lipinski definition) is 3. The minimum atomic E-state index is -0.0855. The van der Waals surface area contributed by atoms with Gasteiger partial charge >= 0.3 is 0 Å². The van der Waals surface area contributed by atoms with Gasteiger partial charge in [0, 0.05) is 12.6 Å². The lowest BCUT2D eigenvalue weighted by Crippen LogP contribution is -2.00. The van der Waals surface area contributed by atoms with Crippen molar-refractivity contribution in [3.63, 3.8) is 0 Å². The maximum Gasteiger partial charge on any atom is 0.164 e. The smallest absolute Gasteiger partial charge is 0.164 e. The van der Waals surface area contributed by atoms with Gasteiger partial charge in [-0.1, -0.05) is 31.2 Å². The molecular weight excluding hydrogens is 202 g/mol. The number of benzene rings is 1. The lowest BCUT2D eigenvalue weighted by Gasteiger charge is -2.07. The highest BCUT2D eigenvalue weighted by atomic mass is 16.3. The predicted molar refractivity (Wildman–Crippen MR) is 61.7 cm³/mol. The van der Waals surface area contributed by atoms with Gasteiger partial charge < -0.3 is 9.67 Å². The van der Waals surface area contributed by atoms with Crippen molar-refractivity contribution in [3.8, 4) is 11.4 Å². The molecular formula is C12H15N3O. The molecule has 0 fully saturated rings. The van der Waals surface area contributed by atoms with Crippen LogP contribution in [0.15, 0.2) is 24.3 Å².